The van der Waals surface area contributed by atoms with Crippen molar-refractivity contribution in [1.29, 1.82) is 0 Å². The summed E-state index contributed by atoms with van der Waals surface area (Å²) in [5.41, 5.74) is 0.768. The van der Waals surface area contributed by atoms with Gasteiger partial charge in [0.15, 0.2) is 0 Å². The van der Waals surface area contributed by atoms with Gasteiger partial charge >= 0.3 is 0 Å². The summed E-state index contributed by atoms with van der Waals surface area (Å²) in [6.07, 6.45) is 3.18. The van der Waals surface area contributed by atoms with Crippen LogP contribution in [0.25, 0.3) is 21.9 Å². The Morgan fingerprint density at radius 2 is 1.44 bits per heavy atom. The molecule has 0 spiro atoms. The van der Waals surface area contributed by atoms with E-state index in [0.29, 0.717) is 23.1 Å². The number of hydrogen-bond donors (Lipinski definition) is 0. The molecule has 0 heterocycles. The Morgan fingerprint density at radius 1 is 0.750 bits per heavy atom. The number of hydrogen-bond acceptors (Lipinski definition) is 1. The molecule has 0 fully saturated rings. The van der Waals surface area contributed by atoms with E-state index >= 15 is 4.39 Å². The van der Waals surface area contributed by atoms with E-state index < -0.39 is 34.1 Å². The normalized spacial score (nSPS) is 11.3. The minimum atomic E-state index is -0.867. The van der Waals surface area contributed by atoms with Crippen LogP contribution in [0.15, 0.2) is 54.6 Å². The van der Waals surface area contributed by atoms with Crippen molar-refractivity contribution in [2.75, 3.05) is 6.61 Å². The zero-order valence-electron chi connectivity index (χ0n) is 19.6. The van der Waals surface area contributed by atoms with Gasteiger partial charge in [-0.15, -0.1) is 0 Å². The zero-order chi connectivity index (χ0) is 25.8. The smallest absolute Gasteiger partial charge is 0.145 e. The first-order valence-corrected chi connectivity index (χ1v) is 12.1. The molecule has 0 aliphatic heterocycles. The molecule has 0 bridgehead atoms. The van der Waals surface area contributed by atoms with E-state index in [1.165, 1.54) is 18.2 Å². The number of fused-ring (bicyclic) bond motifs is 1. The molecule has 4 aromatic rings. The first-order valence-electron chi connectivity index (χ1n) is 11.7. The number of rotatable bonds is 9. The summed E-state index contributed by atoms with van der Waals surface area (Å²) in [4.78, 5) is 0. The van der Waals surface area contributed by atoms with Crippen LogP contribution in [0.1, 0.15) is 37.3 Å². The summed E-state index contributed by atoms with van der Waals surface area (Å²) < 4.78 is 77.6. The van der Waals surface area contributed by atoms with E-state index in [2.05, 4.69) is 6.92 Å². The average Bonchev–Trinajstić information content (AvgIpc) is 2.84. The molecule has 0 N–H and O–H groups in total. The predicted octanol–water partition coefficient (Wildman–Crippen LogP) is 9.21. The van der Waals surface area contributed by atoms with Gasteiger partial charge in [0.05, 0.1) is 12.2 Å². The summed E-state index contributed by atoms with van der Waals surface area (Å²) in [5.74, 6) is -3.63. The summed E-state index contributed by atoms with van der Waals surface area (Å²) >= 11 is 5.51. The zero-order valence-corrected chi connectivity index (χ0v) is 20.4. The lowest BCUT2D eigenvalue weighted by Gasteiger charge is -2.12. The largest absolute Gasteiger partial charge is 0.493 e. The van der Waals surface area contributed by atoms with Gasteiger partial charge < -0.3 is 4.74 Å². The fourth-order valence-electron chi connectivity index (χ4n) is 4.17. The van der Waals surface area contributed by atoms with E-state index in [1.807, 2.05) is 0 Å². The maximum atomic E-state index is 15.2. The molecular weight excluding hydrogens is 495 g/mol. The van der Waals surface area contributed by atoms with Gasteiger partial charge in [0.1, 0.15) is 39.9 Å². The van der Waals surface area contributed by atoms with E-state index in [4.69, 9.17) is 16.3 Å². The monoisotopic (exact) mass is 518 g/mol. The van der Waals surface area contributed by atoms with Crippen LogP contribution < -0.4 is 4.74 Å². The van der Waals surface area contributed by atoms with Crippen molar-refractivity contribution in [1.82, 2.24) is 0 Å². The highest BCUT2D eigenvalue weighted by atomic mass is 35.5. The highest BCUT2D eigenvalue weighted by Crippen LogP contribution is 2.33. The van der Waals surface area contributed by atoms with Crippen LogP contribution in [0.4, 0.5) is 22.0 Å². The first-order chi connectivity index (χ1) is 17.3. The van der Waals surface area contributed by atoms with E-state index in [0.717, 1.165) is 43.5 Å². The summed E-state index contributed by atoms with van der Waals surface area (Å²) in [6, 6.07) is 12.2. The Kier molecular flexibility index (Phi) is 8.14. The lowest BCUT2D eigenvalue weighted by Crippen LogP contribution is -2.00. The molecule has 0 radical (unpaired) electrons. The minimum absolute atomic E-state index is 0.127. The number of ether oxygens (including phenoxy) is 1. The highest BCUT2D eigenvalue weighted by molar-refractivity contribution is 6.30. The molecule has 4 aromatic carbocycles. The number of unbranched alkanes of at least 4 members (excludes halogenated alkanes) is 2. The topological polar surface area (TPSA) is 9.23 Å². The second kappa shape index (κ2) is 11.3. The quantitative estimate of drug-likeness (QED) is 0.122. The second-order valence-electron chi connectivity index (χ2n) is 8.67. The van der Waals surface area contributed by atoms with Gasteiger partial charge in [-0.2, -0.15) is 0 Å². The van der Waals surface area contributed by atoms with E-state index in [9.17, 15) is 17.6 Å². The van der Waals surface area contributed by atoms with E-state index in [1.54, 1.807) is 12.1 Å². The Labute approximate surface area is 211 Å². The molecule has 0 saturated heterocycles. The Morgan fingerprint density at radius 3 is 2.11 bits per heavy atom. The molecule has 1 nitrogen and oxygen atoms in total. The van der Waals surface area contributed by atoms with Crippen molar-refractivity contribution in [3.05, 3.63) is 99.8 Å². The lowest BCUT2D eigenvalue weighted by molar-refractivity contribution is 0.303. The van der Waals surface area contributed by atoms with Crippen molar-refractivity contribution < 1.29 is 26.7 Å². The molecular formula is C29H24ClF5O. The van der Waals surface area contributed by atoms with Crippen LogP contribution in [-0.2, 0) is 12.8 Å². The maximum absolute atomic E-state index is 15.2. The molecule has 0 aromatic heterocycles. The molecule has 0 unspecified atom stereocenters. The molecule has 7 heteroatoms. The van der Waals surface area contributed by atoms with Crippen LogP contribution in [-0.4, -0.2) is 6.61 Å². The fraction of sp³-hybridized carbons (Fsp3) is 0.241. The number of aryl methyl sites for hydroxylation is 2. The van der Waals surface area contributed by atoms with Crippen LogP contribution in [0, 0.1) is 29.1 Å². The van der Waals surface area contributed by atoms with Gasteiger partial charge in [-0.1, -0.05) is 55.6 Å². The van der Waals surface area contributed by atoms with Crippen LogP contribution in [0.3, 0.4) is 0 Å². The van der Waals surface area contributed by atoms with Gasteiger partial charge in [0.2, 0.25) is 0 Å². The first kappa shape index (κ1) is 26.0. The summed E-state index contributed by atoms with van der Waals surface area (Å²) in [6.45, 7) is 2.43. The summed E-state index contributed by atoms with van der Waals surface area (Å²) in [7, 11) is 0. The molecule has 36 heavy (non-hydrogen) atoms. The molecule has 0 aliphatic carbocycles. The van der Waals surface area contributed by atoms with Crippen molar-refractivity contribution in [3.8, 4) is 16.9 Å². The van der Waals surface area contributed by atoms with Crippen LogP contribution in [0.2, 0.25) is 5.02 Å². The average molecular weight is 519 g/mol. The van der Waals surface area contributed by atoms with Crippen LogP contribution in [0.5, 0.6) is 5.75 Å². The molecule has 0 atom stereocenters. The van der Waals surface area contributed by atoms with Crippen molar-refractivity contribution in [3.63, 3.8) is 0 Å². The van der Waals surface area contributed by atoms with E-state index in [-0.39, 0.29) is 35.1 Å². The minimum Gasteiger partial charge on any atom is -0.493 e. The molecule has 0 amide bonds. The Bertz CT molecular complexity index is 1360. The third kappa shape index (κ3) is 5.65. The Balaban J connectivity index is 1.56. The molecule has 0 aliphatic rings. The summed E-state index contributed by atoms with van der Waals surface area (Å²) in [5, 5.41) is 0.172. The van der Waals surface area contributed by atoms with Gasteiger partial charge in [-0.25, -0.2) is 22.0 Å². The number of halogens is 6. The van der Waals surface area contributed by atoms with Gasteiger partial charge in [0, 0.05) is 17.5 Å². The molecule has 4 rings (SSSR count). The van der Waals surface area contributed by atoms with Crippen molar-refractivity contribution in [2.45, 2.75) is 39.0 Å². The maximum Gasteiger partial charge on any atom is 0.145 e. The van der Waals surface area contributed by atoms with Crippen molar-refractivity contribution >= 4 is 22.4 Å². The SMILES string of the molecule is CCCCCOc1cc(F)c(-c2ccc3c(F)c(CCc4cc(F)c(Cl)c(F)c4)ccc3c2)c(F)c1. The predicted molar refractivity (Wildman–Crippen MR) is 133 cm³/mol. The van der Waals surface area contributed by atoms with Crippen LogP contribution >= 0.6 is 11.6 Å². The third-order valence-corrected chi connectivity index (χ3v) is 6.44. The standard InChI is InChI=1S/C29H24ClF5O/c1-2-3-4-11-36-21-15-23(31)27(24(32)16-21)20-9-10-22-19(14-20)8-7-18(29(22)35)6-5-17-12-25(33)28(30)26(34)13-17/h7-10,12-16H,2-6,11H2,1H3. The van der Waals surface area contributed by atoms with Crippen molar-refractivity contribution in [2.24, 2.45) is 0 Å². The second-order valence-corrected chi connectivity index (χ2v) is 9.04. The highest BCUT2D eigenvalue weighted by Gasteiger charge is 2.16. The van der Waals surface area contributed by atoms with Gasteiger partial charge in [-0.3, -0.25) is 0 Å². The Hall–Kier alpha value is -3.12. The van der Waals surface area contributed by atoms with Gasteiger partial charge in [0.25, 0.3) is 0 Å². The molecule has 0 saturated carbocycles. The third-order valence-electron chi connectivity index (χ3n) is 6.08. The number of benzene rings is 4. The fourth-order valence-corrected chi connectivity index (χ4v) is 4.28. The lowest BCUT2D eigenvalue weighted by atomic mass is 9.96. The van der Waals surface area contributed by atoms with Gasteiger partial charge in [-0.05, 0) is 59.5 Å². The molecule has 188 valence electrons.